The SMILES string of the molecule is O.[AlH3].[Ca+2].[H-].[H-].[H-].[K+]. The summed E-state index contributed by atoms with van der Waals surface area (Å²) in [5.41, 5.74) is 0. The van der Waals surface area contributed by atoms with E-state index < -0.39 is 0 Å². The van der Waals surface area contributed by atoms with Gasteiger partial charge in [0.05, 0.1) is 0 Å². The molecule has 0 aromatic heterocycles. The zero-order valence-corrected chi connectivity index (χ0v) is 7.54. The van der Waals surface area contributed by atoms with Gasteiger partial charge in [-0.1, -0.05) is 0 Å². The summed E-state index contributed by atoms with van der Waals surface area (Å²) in [7, 11) is 0. The van der Waals surface area contributed by atoms with Crippen LogP contribution in [0.1, 0.15) is 4.28 Å². The van der Waals surface area contributed by atoms with Crippen molar-refractivity contribution in [3.63, 3.8) is 0 Å². The molecule has 0 unspecified atom stereocenters. The van der Waals surface area contributed by atoms with Gasteiger partial charge in [-0.05, 0) is 0 Å². The van der Waals surface area contributed by atoms with E-state index in [9.17, 15) is 0 Å². The van der Waals surface area contributed by atoms with Crippen molar-refractivity contribution in [3.05, 3.63) is 0 Å². The van der Waals surface area contributed by atoms with Gasteiger partial charge in [-0.15, -0.1) is 0 Å². The van der Waals surface area contributed by atoms with Crippen molar-refractivity contribution in [2.24, 2.45) is 0 Å². The first-order valence-electron chi connectivity index (χ1n) is 0. The molecule has 0 amide bonds. The van der Waals surface area contributed by atoms with E-state index in [4.69, 9.17) is 0 Å². The van der Waals surface area contributed by atoms with Crippen molar-refractivity contribution in [1.82, 2.24) is 0 Å². The molecule has 1 nitrogen and oxygen atoms in total. The van der Waals surface area contributed by atoms with Crippen molar-refractivity contribution >= 4 is 55.1 Å². The van der Waals surface area contributed by atoms with Gasteiger partial charge >= 0.3 is 89.1 Å². The molecule has 0 heterocycles. The van der Waals surface area contributed by atoms with Gasteiger partial charge in [-0.25, -0.2) is 0 Å². The van der Waals surface area contributed by atoms with Crippen LogP contribution >= 0.6 is 0 Å². The summed E-state index contributed by atoms with van der Waals surface area (Å²) in [6.07, 6.45) is 0. The Balaban J connectivity index is 0. The summed E-state index contributed by atoms with van der Waals surface area (Å²) in [6, 6.07) is 0. The van der Waals surface area contributed by atoms with Crippen LogP contribution in [0, 0.1) is 0 Å². The Morgan fingerprint density at radius 3 is 1.25 bits per heavy atom. The molecule has 2 N–H and O–H groups in total. The third kappa shape index (κ3) is 9.04. The second-order valence-corrected chi connectivity index (χ2v) is 0. The maximum atomic E-state index is 0. The standard InChI is InChI=1S/Al.Ca.K.H2O.6H/h;;;1H2;;;;;;/q;+2;+1;;;;;3*-1. The first-order chi connectivity index (χ1) is 0. The van der Waals surface area contributed by atoms with E-state index in [1.807, 2.05) is 0 Å². The Kier molecular flexibility index (Phi) is 106. The van der Waals surface area contributed by atoms with Crippen LogP contribution in [0.25, 0.3) is 0 Å². The number of hydrogen-bond acceptors (Lipinski definition) is 0. The minimum atomic E-state index is 0. The fraction of sp³-hybridized carbons (Fsp3) is 0. The average molecular weight is 130 g/mol. The molecule has 0 rings (SSSR count). The van der Waals surface area contributed by atoms with Gasteiger partial charge in [0.15, 0.2) is 17.4 Å². The monoisotopic (exact) mass is 130 g/mol. The van der Waals surface area contributed by atoms with E-state index in [1.165, 1.54) is 0 Å². The molecule has 0 spiro atoms. The quantitative estimate of drug-likeness (QED) is 0.294. The molecule has 0 aliphatic rings. The minimum Gasteiger partial charge on any atom is -1.00 e. The number of hydrogen-bond donors (Lipinski definition) is 0. The van der Waals surface area contributed by atoms with Crippen molar-refractivity contribution in [3.8, 4) is 0 Å². The number of rotatable bonds is 0. The van der Waals surface area contributed by atoms with Gasteiger partial charge in [-0.2, -0.15) is 0 Å². The summed E-state index contributed by atoms with van der Waals surface area (Å²) in [4.78, 5) is 0. The third-order valence-electron chi connectivity index (χ3n) is 0. The molecule has 0 atom stereocenters. The van der Waals surface area contributed by atoms with Crippen molar-refractivity contribution in [1.29, 1.82) is 0 Å². The van der Waals surface area contributed by atoms with Crippen LogP contribution in [0.2, 0.25) is 0 Å². The molecule has 0 bridgehead atoms. The minimum absolute atomic E-state index is 0. The van der Waals surface area contributed by atoms with Crippen molar-refractivity contribution in [2.75, 3.05) is 0 Å². The molecule has 0 radical (unpaired) electrons. The summed E-state index contributed by atoms with van der Waals surface area (Å²) < 4.78 is 0. The van der Waals surface area contributed by atoms with Crippen LogP contribution in [0.5, 0.6) is 0 Å². The van der Waals surface area contributed by atoms with Crippen LogP contribution in [0.15, 0.2) is 0 Å². The molecule has 4 heteroatoms. The predicted molar refractivity (Wildman–Crippen MR) is 22.6 cm³/mol. The van der Waals surface area contributed by atoms with Crippen LogP contribution in [0.4, 0.5) is 0 Å². The third-order valence-corrected chi connectivity index (χ3v) is 0. The first kappa shape index (κ1) is 26.3. The van der Waals surface area contributed by atoms with Crippen LogP contribution in [0.3, 0.4) is 0 Å². The molecule has 0 aromatic carbocycles. The van der Waals surface area contributed by atoms with Crippen LogP contribution < -0.4 is 51.4 Å². The molecule has 4 heavy (non-hydrogen) atoms. The largest absolute Gasteiger partial charge is 2.00 e. The molecule has 0 saturated carbocycles. The molecular weight excluding hydrogens is 122 g/mol. The van der Waals surface area contributed by atoms with Crippen LogP contribution in [-0.4, -0.2) is 60.6 Å². The second kappa shape index (κ2) is 16.2. The molecule has 0 aliphatic carbocycles. The van der Waals surface area contributed by atoms with Crippen molar-refractivity contribution in [2.45, 2.75) is 0 Å². The van der Waals surface area contributed by atoms with Crippen LogP contribution in [-0.2, 0) is 0 Å². The maximum Gasteiger partial charge on any atom is 2.00 e. The van der Waals surface area contributed by atoms with Crippen molar-refractivity contribution < 1.29 is 61.1 Å². The first-order valence-corrected chi connectivity index (χ1v) is 0. The van der Waals surface area contributed by atoms with E-state index in [2.05, 4.69) is 0 Å². The Hall–Kier alpha value is 3.39. The van der Waals surface area contributed by atoms with Gasteiger partial charge in [0.25, 0.3) is 0 Å². The normalized spacial score (nSPS) is 0. The molecule has 0 aromatic rings. The Morgan fingerprint density at radius 2 is 1.25 bits per heavy atom. The summed E-state index contributed by atoms with van der Waals surface area (Å²) >= 11 is 0. The van der Waals surface area contributed by atoms with E-state index in [0.717, 1.165) is 0 Å². The smallest absolute Gasteiger partial charge is 1.00 e. The molecular formula is H8AlCaKO. The van der Waals surface area contributed by atoms with Gasteiger partial charge in [-0.3, -0.25) is 0 Å². The molecule has 0 saturated heterocycles. The topological polar surface area (TPSA) is 31.5 Å². The van der Waals surface area contributed by atoms with E-state index in [0.29, 0.717) is 0 Å². The van der Waals surface area contributed by atoms with E-state index in [-0.39, 0.29) is 116 Å². The van der Waals surface area contributed by atoms with Gasteiger partial charge < -0.3 is 9.76 Å². The Labute approximate surface area is 113 Å². The Bertz CT molecular complexity index is 14.9. The molecule has 20 valence electrons. The zero-order chi connectivity index (χ0) is 0. The van der Waals surface area contributed by atoms with Gasteiger partial charge in [0, 0.05) is 0 Å². The summed E-state index contributed by atoms with van der Waals surface area (Å²) in [5, 5.41) is 0. The molecule has 0 aliphatic heterocycles. The van der Waals surface area contributed by atoms with Gasteiger partial charge in [0.2, 0.25) is 0 Å². The fourth-order valence-electron chi connectivity index (χ4n) is 0. The second-order valence-electron chi connectivity index (χ2n) is 0. The zero-order valence-electron chi connectivity index (χ0n) is 5.21. The average Bonchev–Trinajstić information content (AvgIpc) is 0. The van der Waals surface area contributed by atoms with E-state index in [1.54, 1.807) is 0 Å². The van der Waals surface area contributed by atoms with E-state index >= 15 is 0 Å². The summed E-state index contributed by atoms with van der Waals surface area (Å²) in [6.45, 7) is 0. The summed E-state index contributed by atoms with van der Waals surface area (Å²) in [5.74, 6) is 0. The predicted octanol–water partition coefficient (Wildman–Crippen LogP) is -5.05. The maximum absolute atomic E-state index is 0. The fourth-order valence-corrected chi connectivity index (χ4v) is 0. The van der Waals surface area contributed by atoms with Gasteiger partial charge in [0.1, 0.15) is 0 Å². The Morgan fingerprint density at radius 1 is 1.25 bits per heavy atom. The molecule has 0 fully saturated rings.